The Kier molecular flexibility index (Phi) is 4.85. The fourth-order valence-electron chi connectivity index (χ4n) is 3.68. The number of benzene rings is 1. The van der Waals surface area contributed by atoms with E-state index in [1.54, 1.807) is 10.9 Å². The van der Waals surface area contributed by atoms with E-state index in [9.17, 15) is 4.79 Å². The van der Waals surface area contributed by atoms with Gasteiger partial charge in [-0.1, -0.05) is 17.7 Å². The molecule has 2 atom stereocenters. The van der Waals surface area contributed by atoms with Gasteiger partial charge in [0.05, 0.1) is 23.1 Å². The molecule has 1 N–H and O–H groups in total. The topological polar surface area (TPSA) is 50.2 Å². The molecule has 3 heterocycles. The van der Waals surface area contributed by atoms with Crippen LogP contribution in [0.4, 0.5) is 0 Å². The number of carbonyl (C=O) groups excluding carboxylic acids is 1. The average molecular weight is 367 g/mol. The molecule has 2 aliphatic rings. The molecule has 128 valence electrons. The van der Waals surface area contributed by atoms with Crippen LogP contribution in [0.1, 0.15) is 16.1 Å². The summed E-state index contributed by atoms with van der Waals surface area (Å²) in [7, 11) is 0. The van der Waals surface area contributed by atoms with E-state index in [0.29, 0.717) is 22.4 Å². The van der Waals surface area contributed by atoms with E-state index >= 15 is 0 Å². The van der Waals surface area contributed by atoms with Gasteiger partial charge >= 0.3 is 0 Å². The first kappa shape index (κ1) is 17.3. The SMILES string of the molecule is Cc1c(C(=O)N2C[C@H]3CNC[C@H]3C2)cnn1-c1cccc(Cl)c1.Cl. The number of aromatic nitrogens is 2. The molecule has 2 saturated heterocycles. The van der Waals surface area contributed by atoms with Gasteiger partial charge in [0.15, 0.2) is 0 Å². The monoisotopic (exact) mass is 366 g/mol. The van der Waals surface area contributed by atoms with Gasteiger partial charge in [0.25, 0.3) is 5.91 Å². The maximum absolute atomic E-state index is 12.8. The van der Waals surface area contributed by atoms with Crippen LogP contribution in [0.2, 0.25) is 5.02 Å². The summed E-state index contributed by atoms with van der Waals surface area (Å²) in [6, 6.07) is 7.50. The third-order valence-corrected chi connectivity index (χ3v) is 5.20. The summed E-state index contributed by atoms with van der Waals surface area (Å²) in [5.74, 6) is 1.29. The van der Waals surface area contributed by atoms with Crippen LogP contribution in [0.5, 0.6) is 0 Å². The first-order chi connectivity index (χ1) is 11.1. The Morgan fingerprint density at radius 1 is 1.29 bits per heavy atom. The molecule has 4 rings (SSSR count). The molecule has 24 heavy (non-hydrogen) atoms. The second-order valence-electron chi connectivity index (χ2n) is 6.42. The normalized spacial score (nSPS) is 22.3. The molecule has 0 spiro atoms. The highest BCUT2D eigenvalue weighted by atomic mass is 35.5. The summed E-state index contributed by atoms with van der Waals surface area (Å²) < 4.78 is 1.78. The number of hydrogen-bond donors (Lipinski definition) is 1. The molecule has 0 saturated carbocycles. The number of rotatable bonds is 2. The highest BCUT2D eigenvalue weighted by molar-refractivity contribution is 6.30. The van der Waals surface area contributed by atoms with E-state index in [1.165, 1.54) is 0 Å². The van der Waals surface area contributed by atoms with Crippen LogP contribution in [0.15, 0.2) is 30.5 Å². The van der Waals surface area contributed by atoms with Crippen molar-refractivity contribution < 1.29 is 4.79 Å². The molecular formula is C17H20Cl2N4O. The number of likely N-dealkylation sites (tertiary alicyclic amines) is 1. The molecule has 0 aliphatic carbocycles. The van der Waals surface area contributed by atoms with Crippen molar-refractivity contribution in [2.24, 2.45) is 11.8 Å². The fourth-order valence-corrected chi connectivity index (χ4v) is 3.86. The van der Waals surface area contributed by atoms with Gasteiger partial charge in [0, 0.05) is 31.2 Å². The number of nitrogens with one attached hydrogen (secondary N) is 1. The van der Waals surface area contributed by atoms with E-state index in [2.05, 4.69) is 10.4 Å². The van der Waals surface area contributed by atoms with Crippen molar-refractivity contribution in [3.05, 3.63) is 46.7 Å². The minimum atomic E-state index is 0. The van der Waals surface area contributed by atoms with Crippen LogP contribution in [-0.2, 0) is 0 Å². The van der Waals surface area contributed by atoms with Crippen molar-refractivity contribution in [2.45, 2.75) is 6.92 Å². The predicted octanol–water partition coefficient (Wildman–Crippen LogP) is 2.55. The average Bonchev–Trinajstić information content (AvgIpc) is 3.20. The summed E-state index contributed by atoms with van der Waals surface area (Å²) in [6.07, 6.45) is 1.67. The van der Waals surface area contributed by atoms with E-state index < -0.39 is 0 Å². The van der Waals surface area contributed by atoms with Crippen molar-refractivity contribution in [3.63, 3.8) is 0 Å². The zero-order valence-corrected chi connectivity index (χ0v) is 15.0. The molecule has 1 amide bonds. The molecular weight excluding hydrogens is 347 g/mol. The molecule has 2 fully saturated rings. The third-order valence-electron chi connectivity index (χ3n) is 4.97. The van der Waals surface area contributed by atoms with Crippen LogP contribution in [0, 0.1) is 18.8 Å². The minimum absolute atomic E-state index is 0. The lowest BCUT2D eigenvalue weighted by Crippen LogP contribution is -2.32. The molecule has 7 heteroatoms. The number of fused-ring (bicyclic) bond motifs is 1. The van der Waals surface area contributed by atoms with Gasteiger partial charge in [0.1, 0.15) is 0 Å². The van der Waals surface area contributed by atoms with E-state index in [1.807, 2.05) is 36.1 Å². The smallest absolute Gasteiger partial charge is 0.257 e. The molecule has 1 aromatic heterocycles. The number of amides is 1. The Labute approximate surface area is 152 Å². The van der Waals surface area contributed by atoms with Crippen LogP contribution < -0.4 is 5.32 Å². The maximum atomic E-state index is 12.8. The van der Waals surface area contributed by atoms with Gasteiger partial charge in [-0.05, 0) is 37.0 Å². The molecule has 2 aromatic rings. The van der Waals surface area contributed by atoms with Gasteiger partial charge in [-0.25, -0.2) is 4.68 Å². The number of nitrogens with zero attached hydrogens (tertiary/aromatic N) is 3. The second kappa shape index (κ2) is 6.75. The Morgan fingerprint density at radius 3 is 2.67 bits per heavy atom. The highest BCUT2D eigenvalue weighted by Crippen LogP contribution is 2.28. The van der Waals surface area contributed by atoms with Gasteiger partial charge in [0.2, 0.25) is 0 Å². The molecule has 5 nitrogen and oxygen atoms in total. The zero-order valence-electron chi connectivity index (χ0n) is 13.4. The lowest BCUT2D eigenvalue weighted by atomic mass is 10.0. The molecule has 1 aromatic carbocycles. The lowest BCUT2D eigenvalue weighted by Gasteiger charge is -2.17. The Bertz CT molecular complexity index is 749. The van der Waals surface area contributed by atoms with Gasteiger partial charge < -0.3 is 10.2 Å². The van der Waals surface area contributed by atoms with Crippen molar-refractivity contribution in [1.29, 1.82) is 0 Å². The minimum Gasteiger partial charge on any atom is -0.338 e. The van der Waals surface area contributed by atoms with Crippen LogP contribution in [0.3, 0.4) is 0 Å². The van der Waals surface area contributed by atoms with Crippen molar-refractivity contribution in [2.75, 3.05) is 26.2 Å². The second-order valence-corrected chi connectivity index (χ2v) is 6.86. The first-order valence-corrected chi connectivity index (χ1v) is 8.32. The highest BCUT2D eigenvalue weighted by Gasteiger charge is 2.38. The molecule has 0 bridgehead atoms. The first-order valence-electron chi connectivity index (χ1n) is 7.94. The Hall–Kier alpha value is -1.56. The number of halogens is 2. The van der Waals surface area contributed by atoms with Crippen LogP contribution in [-0.4, -0.2) is 46.8 Å². The van der Waals surface area contributed by atoms with Crippen molar-refractivity contribution >= 4 is 29.9 Å². The summed E-state index contributed by atoms with van der Waals surface area (Å²) in [5, 5.41) is 8.45. The van der Waals surface area contributed by atoms with Crippen molar-refractivity contribution in [3.8, 4) is 5.69 Å². The van der Waals surface area contributed by atoms with Crippen LogP contribution >= 0.6 is 24.0 Å². The Morgan fingerprint density at radius 2 is 2.00 bits per heavy atom. The standard InChI is InChI=1S/C17H19ClN4O.ClH/c1-11-16(8-20-22(11)15-4-2-3-14(18)5-15)17(23)21-9-12-6-19-7-13(12)10-21;/h2-5,8,12-13,19H,6-7,9-10H2,1H3;1H/t12-,13+;. The molecule has 2 aliphatic heterocycles. The number of carbonyl (C=O) groups is 1. The number of hydrogen-bond acceptors (Lipinski definition) is 3. The predicted molar refractivity (Wildman–Crippen MR) is 96.3 cm³/mol. The van der Waals surface area contributed by atoms with Gasteiger partial charge in [-0.2, -0.15) is 5.10 Å². The third kappa shape index (κ3) is 2.92. The van der Waals surface area contributed by atoms with E-state index in [0.717, 1.165) is 37.6 Å². The maximum Gasteiger partial charge on any atom is 0.257 e. The quantitative estimate of drug-likeness (QED) is 0.888. The zero-order chi connectivity index (χ0) is 16.0. The summed E-state index contributed by atoms with van der Waals surface area (Å²) in [5.41, 5.74) is 2.40. The van der Waals surface area contributed by atoms with Gasteiger partial charge in [-0.3, -0.25) is 4.79 Å². The van der Waals surface area contributed by atoms with Crippen LogP contribution in [0.25, 0.3) is 5.69 Å². The van der Waals surface area contributed by atoms with E-state index in [4.69, 9.17) is 11.6 Å². The molecule has 0 unspecified atom stereocenters. The molecule has 0 radical (unpaired) electrons. The lowest BCUT2D eigenvalue weighted by molar-refractivity contribution is 0.0781. The summed E-state index contributed by atoms with van der Waals surface area (Å²) in [6.45, 7) is 5.67. The van der Waals surface area contributed by atoms with E-state index in [-0.39, 0.29) is 18.3 Å². The summed E-state index contributed by atoms with van der Waals surface area (Å²) >= 11 is 6.05. The van der Waals surface area contributed by atoms with Crippen molar-refractivity contribution in [1.82, 2.24) is 20.0 Å². The summed E-state index contributed by atoms with van der Waals surface area (Å²) in [4.78, 5) is 14.8. The largest absolute Gasteiger partial charge is 0.338 e. The fraction of sp³-hybridized carbons (Fsp3) is 0.412. The van der Waals surface area contributed by atoms with Gasteiger partial charge in [-0.15, -0.1) is 12.4 Å². The Balaban J connectivity index is 0.00000169.